The van der Waals surface area contributed by atoms with E-state index in [2.05, 4.69) is 30.4 Å². The highest BCUT2D eigenvalue weighted by Crippen LogP contribution is 2.61. The minimum absolute atomic E-state index is 0.161. The van der Waals surface area contributed by atoms with Crippen molar-refractivity contribution < 1.29 is 14.3 Å². The molecule has 184 valence electrons. The number of aryl methyl sites for hydroxylation is 1. The number of ether oxygens (including phenoxy) is 1. The van der Waals surface area contributed by atoms with Gasteiger partial charge in [-0.25, -0.2) is 0 Å². The first-order chi connectivity index (χ1) is 16.5. The molecule has 5 rings (SSSR count). The zero-order valence-corrected chi connectivity index (χ0v) is 20.9. The highest BCUT2D eigenvalue weighted by molar-refractivity contribution is 6.12. The van der Waals surface area contributed by atoms with Gasteiger partial charge < -0.3 is 10.1 Å². The van der Waals surface area contributed by atoms with Crippen molar-refractivity contribution in [3.05, 3.63) is 41.5 Å². The van der Waals surface area contributed by atoms with E-state index in [-0.39, 0.29) is 11.8 Å². The van der Waals surface area contributed by atoms with E-state index in [0.29, 0.717) is 18.0 Å². The molecule has 0 saturated heterocycles. The van der Waals surface area contributed by atoms with Crippen LogP contribution in [0.1, 0.15) is 81.8 Å². The second-order valence-corrected chi connectivity index (χ2v) is 11.2. The van der Waals surface area contributed by atoms with E-state index >= 15 is 0 Å². The molecule has 2 amide bonds. The van der Waals surface area contributed by atoms with Crippen LogP contribution in [0.3, 0.4) is 0 Å². The van der Waals surface area contributed by atoms with E-state index in [1.165, 1.54) is 67.6 Å². The first-order valence-electron chi connectivity index (χ1n) is 13.4. The highest BCUT2D eigenvalue weighted by atomic mass is 16.5. The molecule has 0 radical (unpaired) electrons. The number of nitrogens with zero attached hydrogens (tertiary/aromatic N) is 1. The fraction of sp³-hybridized carbons (Fsp3) is 0.655. The fourth-order valence-corrected chi connectivity index (χ4v) is 7.70. The van der Waals surface area contributed by atoms with Gasteiger partial charge in [-0.05, 0) is 104 Å². The lowest BCUT2D eigenvalue weighted by atomic mass is 9.55. The van der Waals surface area contributed by atoms with Gasteiger partial charge in [0.2, 0.25) is 0 Å². The molecule has 34 heavy (non-hydrogen) atoms. The molecule has 5 heteroatoms. The fourth-order valence-electron chi connectivity index (χ4n) is 7.70. The third-order valence-electron chi connectivity index (χ3n) is 9.53. The number of carbonyl (C=O) groups is 2. The first-order valence-corrected chi connectivity index (χ1v) is 13.4. The number of amides is 2. The molecule has 5 atom stereocenters. The van der Waals surface area contributed by atoms with Gasteiger partial charge >= 0.3 is 0 Å². The summed E-state index contributed by atoms with van der Waals surface area (Å²) in [5.74, 6) is 3.08. The summed E-state index contributed by atoms with van der Waals surface area (Å²) in [5.41, 5.74) is 3.55. The summed E-state index contributed by atoms with van der Waals surface area (Å²) in [6.07, 6.45) is 14.9. The van der Waals surface area contributed by atoms with Crippen LogP contribution in [0.5, 0.6) is 5.75 Å². The summed E-state index contributed by atoms with van der Waals surface area (Å²) in [5, 5.41) is 3.95. The summed E-state index contributed by atoms with van der Waals surface area (Å²) >= 11 is 0. The van der Waals surface area contributed by atoms with Gasteiger partial charge in [0.1, 0.15) is 5.75 Å². The monoisotopic (exact) mass is 464 g/mol. The summed E-state index contributed by atoms with van der Waals surface area (Å²) in [6, 6.07) is 7.42. The van der Waals surface area contributed by atoms with Crippen LogP contribution in [0.4, 0.5) is 0 Å². The molecule has 4 aliphatic rings. The Morgan fingerprint density at radius 1 is 1.03 bits per heavy atom. The van der Waals surface area contributed by atoms with Crippen LogP contribution >= 0.6 is 0 Å². The van der Waals surface area contributed by atoms with E-state index in [1.807, 2.05) is 0 Å². The Bertz CT molecular complexity index is 939. The van der Waals surface area contributed by atoms with E-state index < -0.39 is 0 Å². The largest absolute Gasteiger partial charge is 0.497 e. The van der Waals surface area contributed by atoms with Gasteiger partial charge in [-0.3, -0.25) is 14.5 Å². The Kier molecular flexibility index (Phi) is 6.83. The lowest BCUT2D eigenvalue weighted by Gasteiger charge is -2.51. The third kappa shape index (κ3) is 4.32. The molecule has 2 fully saturated rings. The van der Waals surface area contributed by atoms with Gasteiger partial charge in [0, 0.05) is 24.7 Å². The predicted octanol–water partition coefficient (Wildman–Crippen LogP) is 4.99. The normalized spacial score (nSPS) is 32.0. The number of hydrogen-bond donors (Lipinski definition) is 1. The molecular formula is C29H40N2O3. The lowest BCUT2D eigenvalue weighted by Crippen LogP contribution is -2.48. The van der Waals surface area contributed by atoms with Crippen LogP contribution in [0.15, 0.2) is 30.4 Å². The molecule has 1 aromatic rings. The maximum absolute atomic E-state index is 11.6. The second-order valence-electron chi connectivity index (χ2n) is 11.2. The Hall–Kier alpha value is -2.14. The average molecular weight is 465 g/mol. The number of benzene rings is 1. The molecule has 3 unspecified atom stereocenters. The molecule has 2 saturated carbocycles. The van der Waals surface area contributed by atoms with Crippen LogP contribution in [0.2, 0.25) is 0 Å². The smallest absolute Gasteiger partial charge is 0.253 e. The number of rotatable bonds is 9. The zero-order chi connectivity index (χ0) is 23.7. The molecule has 1 N–H and O–H groups in total. The number of hydrogen-bond acceptors (Lipinski definition) is 4. The minimum atomic E-state index is -0.161. The molecule has 0 aromatic heterocycles. The molecule has 0 bridgehead atoms. The number of carbonyl (C=O) groups excluding carboxylic acids is 2. The van der Waals surface area contributed by atoms with Crippen LogP contribution in [-0.4, -0.2) is 43.0 Å². The van der Waals surface area contributed by atoms with Gasteiger partial charge in [-0.2, -0.15) is 0 Å². The Labute approximate surface area is 204 Å². The van der Waals surface area contributed by atoms with Gasteiger partial charge in [0.15, 0.2) is 0 Å². The van der Waals surface area contributed by atoms with Crippen LogP contribution in [0.25, 0.3) is 0 Å². The number of nitrogens with one attached hydrogen (secondary N) is 1. The molecule has 1 aromatic carbocycles. The summed E-state index contributed by atoms with van der Waals surface area (Å²) in [4.78, 5) is 24.6. The highest BCUT2D eigenvalue weighted by Gasteiger charge is 2.54. The Morgan fingerprint density at radius 2 is 1.82 bits per heavy atom. The van der Waals surface area contributed by atoms with E-state index in [0.717, 1.165) is 49.3 Å². The summed E-state index contributed by atoms with van der Waals surface area (Å²) < 4.78 is 5.48. The molecule has 5 nitrogen and oxygen atoms in total. The van der Waals surface area contributed by atoms with Crippen molar-refractivity contribution in [2.24, 2.45) is 17.3 Å². The predicted molar refractivity (Wildman–Crippen MR) is 134 cm³/mol. The molecule has 1 heterocycles. The molecule has 0 spiro atoms. The van der Waals surface area contributed by atoms with Crippen molar-refractivity contribution in [3.63, 3.8) is 0 Å². The number of imide groups is 1. The van der Waals surface area contributed by atoms with Crippen LogP contribution in [-0.2, 0) is 16.0 Å². The summed E-state index contributed by atoms with van der Waals surface area (Å²) in [7, 11) is 1.77. The SMILES string of the molecule is COc1ccc2c(c1)CCC1C2CC[C@@]2(C)C1CC[C@H]2NCCCCCCN1C(=O)C=CC1=O. The minimum Gasteiger partial charge on any atom is -0.497 e. The molecular weight excluding hydrogens is 424 g/mol. The van der Waals surface area contributed by atoms with Crippen molar-refractivity contribution >= 4 is 11.8 Å². The Morgan fingerprint density at radius 3 is 2.62 bits per heavy atom. The van der Waals surface area contributed by atoms with Crippen molar-refractivity contribution in [1.82, 2.24) is 10.2 Å². The first kappa shape index (κ1) is 23.6. The van der Waals surface area contributed by atoms with Crippen molar-refractivity contribution in [3.8, 4) is 5.75 Å². The van der Waals surface area contributed by atoms with Gasteiger partial charge in [-0.1, -0.05) is 25.8 Å². The van der Waals surface area contributed by atoms with Gasteiger partial charge in [0.05, 0.1) is 7.11 Å². The van der Waals surface area contributed by atoms with Crippen molar-refractivity contribution in [2.45, 2.75) is 83.1 Å². The topological polar surface area (TPSA) is 58.6 Å². The van der Waals surface area contributed by atoms with Gasteiger partial charge in [-0.15, -0.1) is 0 Å². The molecule has 1 aliphatic heterocycles. The number of fused-ring (bicyclic) bond motifs is 5. The van der Waals surface area contributed by atoms with Crippen molar-refractivity contribution in [1.29, 1.82) is 0 Å². The maximum Gasteiger partial charge on any atom is 0.253 e. The summed E-state index contributed by atoms with van der Waals surface area (Å²) in [6.45, 7) is 4.20. The van der Waals surface area contributed by atoms with Crippen LogP contribution in [0, 0.1) is 17.3 Å². The average Bonchev–Trinajstić information content (AvgIpc) is 3.36. The van der Waals surface area contributed by atoms with E-state index in [9.17, 15) is 9.59 Å². The third-order valence-corrected chi connectivity index (χ3v) is 9.53. The van der Waals surface area contributed by atoms with E-state index in [1.54, 1.807) is 12.7 Å². The Balaban J connectivity index is 1.08. The standard InChI is InChI=1S/C29H40N2O3/c1-29-16-15-23-22-10-8-21(34-2)19-20(22)7-9-24(23)25(29)11-12-26(29)30-17-5-3-4-6-18-31-27(32)13-14-28(31)33/h8,10,13-14,19,23-26,30H,3-7,9,11-12,15-18H2,1-2H3/t23?,24?,25?,26-,29+/m1/s1. The number of methoxy groups -OCH3 is 1. The number of unbranched alkanes of at least 4 members (excludes halogenated alkanes) is 3. The van der Waals surface area contributed by atoms with Gasteiger partial charge in [0.25, 0.3) is 11.8 Å². The van der Waals surface area contributed by atoms with E-state index in [4.69, 9.17) is 4.74 Å². The lowest BCUT2D eigenvalue weighted by molar-refractivity contribution is -0.136. The maximum atomic E-state index is 11.6. The molecule has 3 aliphatic carbocycles. The van der Waals surface area contributed by atoms with Crippen LogP contribution < -0.4 is 10.1 Å². The quantitative estimate of drug-likeness (QED) is 0.413. The van der Waals surface area contributed by atoms with Crippen molar-refractivity contribution in [2.75, 3.05) is 20.2 Å². The zero-order valence-electron chi connectivity index (χ0n) is 20.9. The second kappa shape index (κ2) is 9.85.